The van der Waals surface area contributed by atoms with Gasteiger partial charge in [-0.2, -0.15) is 0 Å². The summed E-state index contributed by atoms with van der Waals surface area (Å²) < 4.78 is 10.5. The van der Waals surface area contributed by atoms with Crippen molar-refractivity contribution in [1.29, 1.82) is 0 Å². The second-order valence-corrected chi connectivity index (χ2v) is 4.76. The van der Waals surface area contributed by atoms with E-state index in [1.165, 1.54) is 12.1 Å². The molecular weight excluding hydrogens is 298 g/mol. The van der Waals surface area contributed by atoms with Gasteiger partial charge in [-0.05, 0) is 12.1 Å². The van der Waals surface area contributed by atoms with Crippen LogP contribution in [0.3, 0.4) is 0 Å². The van der Waals surface area contributed by atoms with Crippen molar-refractivity contribution in [2.75, 3.05) is 14.2 Å². The number of nitrogens with zero attached hydrogens (tertiary/aromatic N) is 3. The van der Waals surface area contributed by atoms with Crippen LogP contribution in [0.4, 0.5) is 5.69 Å². The third kappa shape index (κ3) is 2.76. The summed E-state index contributed by atoms with van der Waals surface area (Å²) in [6, 6.07) is 9.67. The van der Waals surface area contributed by atoms with E-state index in [4.69, 9.17) is 9.47 Å². The third-order valence-electron chi connectivity index (χ3n) is 3.42. The zero-order valence-electron chi connectivity index (χ0n) is 12.5. The number of fused-ring (bicyclic) bond motifs is 1. The average Bonchev–Trinajstić information content (AvgIpc) is 2.60. The number of hydrogen-bond donors (Lipinski definition) is 0. The Morgan fingerprint density at radius 3 is 2.17 bits per heavy atom. The van der Waals surface area contributed by atoms with Gasteiger partial charge < -0.3 is 9.47 Å². The van der Waals surface area contributed by atoms with Gasteiger partial charge >= 0.3 is 0 Å². The summed E-state index contributed by atoms with van der Waals surface area (Å²) in [6.07, 6.45) is 1.62. The number of nitro groups is 1. The van der Waals surface area contributed by atoms with Crippen molar-refractivity contribution >= 4 is 16.7 Å². The molecule has 7 heteroatoms. The molecule has 116 valence electrons. The van der Waals surface area contributed by atoms with Crippen LogP contribution in [0.15, 0.2) is 42.6 Å². The van der Waals surface area contributed by atoms with Crippen molar-refractivity contribution in [1.82, 2.24) is 9.97 Å². The molecule has 0 atom stereocenters. The molecule has 0 saturated carbocycles. The van der Waals surface area contributed by atoms with Crippen molar-refractivity contribution in [3.63, 3.8) is 0 Å². The van der Waals surface area contributed by atoms with Gasteiger partial charge in [0.1, 0.15) is 0 Å². The van der Waals surface area contributed by atoms with Crippen LogP contribution in [0.2, 0.25) is 0 Å². The molecule has 0 radical (unpaired) electrons. The second-order valence-electron chi connectivity index (χ2n) is 4.76. The molecule has 0 amide bonds. The largest absolute Gasteiger partial charge is 0.493 e. The molecule has 0 aliphatic heterocycles. The smallest absolute Gasteiger partial charge is 0.269 e. The van der Waals surface area contributed by atoms with E-state index in [2.05, 4.69) is 9.97 Å². The van der Waals surface area contributed by atoms with Crippen molar-refractivity contribution in [2.24, 2.45) is 0 Å². The Kier molecular flexibility index (Phi) is 3.76. The van der Waals surface area contributed by atoms with Gasteiger partial charge in [0, 0.05) is 29.8 Å². The van der Waals surface area contributed by atoms with Crippen LogP contribution in [-0.4, -0.2) is 29.1 Å². The maximum absolute atomic E-state index is 10.7. The first-order valence-corrected chi connectivity index (χ1v) is 6.76. The van der Waals surface area contributed by atoms with E-state index >= 15 is 0 Å². The monoisotopic (exact) mass is 311 g/mol. The first kappa shape index (κ1) is 14.7. The number of rotatable bonds is 4. The fourth-order valence-electron chi connectivity index (χ4n) is 2.23. The lowest BCUT2D eigenvalue weighted by atomic mass is 10.1. The zero-order chi connectivity index (χ0) is 16.4. The minimum Gasteiger partial charge on any atom is -0.493 e. The van der Waals surface area contributed by atoms with Gasteiger partial charge in [-0.3, -0.25) is 15.1 Å². The fourth-order valence-corrected chi connectivity index (χ4v) is 2.23. The quantitative estimate of drug-likeness (QED) is 0.543. The number of nitro benzene ring substituents is 1. The van der Waals surface area contributed by atoms with Gasteiger partial charge in [0.2, 0.25) is 0 Å². The molecule has 1 heterocycles. The van der Waals surface area contributed by atoms with E-state index in [1.807, 2.05) is 0 Å². The highest BCUT2D eigenvalue weighted by atomic mass is 16.6. The van der Waals surface area contributed by atoms with Gasteiger partial charge in [0.15, 0.2) is 11.5 Å². The summed E-state index contributed by atoms with van der Waals surface area (Å²) in [5, 5.41) is 10.7. The molecule has 0 aliphatic carbocycles. The predicted octanol–water partition coefficient (Wildman–Crippen LogP) is 3.22. The lowest BCUT2D eigenvalue weighted by Crippen LogP contribution is -1.94. The standard InChI is InChI=1S/C16H13N3O4/c1-22-15-7-12-13(8-16(15)23-2)18-14(9-17-12)10-3-5-11(6-4-10)19(20)21/h3-9H,1-2H3. The summed E-state index contributed by atoms with van der Waals surface area (Å²) in [5.41, 5.74) is 2.74. The number of benzene rings is 2. The second kappa shape index (κ2) is 5.88. The maximum atomic E-state index is 10.7. The van der Waals surface area contributed by atoms with Crippen LogP contribution in [0.5, 0.6) is 11.5 Å². The van der Waals surface area contributed by atoms with Gasteiger partial charge in [-0.15, -0.1) is 0 Å². The van der Waals surface area contributed by atoms with Crippen molar-refractivity contribution < 1.29 is 14.4 Å². The van der Waals surface area contributed by atoms with E-state index in [-0.39, 0.29) is 5.69 Å². The van der Waals surface area contributed by atoms with Gasteiger partial charge in [0.25, 0.3) is 5.69 Å². The zero-order valence-corrected chi connectivity index (χ0v) is 12.5. The first-order valence-electron chi connectivity index (χ1n) is 6.76. The Hall–Kier alpha value is -3.22. The molecule has 23 heavy (non-hydrogen) atoms. The van der Waals surface area contributed by atoms with Gasteiger partial charge in [-0.1, -0.05) is 0 Å². The molecule has 0 fully saturated rings. The highest BCUT2D eigenvalue weighted by Gasteiger charge is 2.10. The minimum absolute atomic E-state index is 0.0360. The summed E-state index contributed by atoms with van der Waals surface area (Å²) in [7, 11) is 3.11. The minimum atomic E-state index is -0.438. The molecule has 3 aromatic rings. The normalized spacial score (nSPS) is 10.5. The van der Waals surface area contributed by atoms with Crippen molar-refractivity contribution in [2.45, 2.75) is 0 Å². The fraction of sp³-hybridized carbons (Fsp3) is 0.125. The van der Waals surface area contributed by atoms with Crippen LogP contribution in [0.25, 0.3) is 22.3 Å². The Morgan fingerprint density at radius 2 is 1.61 bits per heavy atom. The summed E-state index contributed by atoms with van der Waals surface area (Å²) in [4.78, 5) is 19.2. The molecule has 1 aromatic heterocycles. The molecule has 0 bridgehead atoms. The average molecular weight is 311 g/mol. The predicted molar refractivity (Wildman–Crippen MR) is 84.7 cm³/mol. The van der Waals surface area contributed by atoms with Crippen molar-refractivity contribution in [3.05, 3.63) is 52.7 Å². The van der Waals surface area contributed by atoms with Crippen LogP contribution in [0.1, 0.15) is 0 Å². The van der Waals surface area contributed by atoms with Gasteiger partial charge in [-0.25, -0.2) is 4.98 Å². The molecule has 0 saturated heterocycles. The summed E-state index contributed by atoms with van der Waals surface area (Å²) >= 11 is 0. The lowest BCUT2D eigenvalue weighted by molar-refractivity contribution is -0.384. The number of non-ortho nitro benzene ring substituents is 1. The van der Waals surface area contributed by atoms with E-state index in [1.54, 1.807) is 44.7 Å². The number of methoxy groups -OCH3 is 2. The van der Waals surface area contributed by atoms with Crippen LogP contribution < -0.4 is 9.47 Å². The summed E-state index contributed by atoms with van der Waals surface area (Å²) in [5.74, 6) is 1.15. The highest BCUT2D eigenvalue weighted by Crippen LogP contribution is 2.31. The molecular formula is C16H13N3O4. The number of aromatic nitrogens is 2. The lowest BCUT2D eigenvalue weighted by Gasteiger charge is -2.09. The van der Waals surface area contributed by atoms with Gasteiger partial charge in [0.05, 0.1) is 42.1 Å². The van der Waals surface area contributed by atoms with Crippen LogP contribution in [-0.2, 0) is 0 Å². The third-order valence-corrected chi connectivity index (χ3v) is 3.42. The number of hydrogen-bond acceptors (Lipinski definition) is 6. The molecule has 7 nitrogen and oxygen atoms in total. The Morgan fingerprint density at radius 1 is 1.00 bits per heavy atom. The van der Waals surface area contributed by atoms with Crippen molar-refractivity contribution in [3.8, 4) is 22.8 Å². The molecule has 0 unspecified atom stereocenters. The SMILES string of the molecule is COc1cc2ncc(-c3ccc([N+](=O)[O-])cc3)nc2cc1OC. The highest BCUT2D eigenvalue weighted by molar-refractivity contribution is 5.81. The van der Waals surface area contributed by atoms with Crippen LogP contribution in [0, 0.1) is 10.1 Å². The Balaban J connectivity index is 2.06. The topological polar surface area (TPSA) is 87.4 Å². The molecule has 0 aliphatic rings. The molecule has 0 N–H and O–H groups in total. The van der Waals surface area contributed by atoms with E-state index < -0.39 is 4.92 Å². The molecule has 0 spiro atoms. The molecule has 2 aromatic carbocycles. The van der Waals surface area contributed by atoms with E-state index in [9.17, 15) is 10.1 Å². The number of ether oxygens (including phenoxy) is 2. The summed E-state index contributed by atoms with van der Waals surface area (Å²) in [6.45, 7) is 0. The van der Waals surface area contributed by atoms with Crippen LogP contribution >= 0.6 is 0 Å². The van der Waals surface area contributed by atoms with E-state index in [0.717, 1.165) is 5.56 Å². The first-order chi connectivity index (χ1) is 11.1. The maximum Gasteiger partial charge on any atom is 0.269 e. The molecule has 3 rings (SSSR count). The Bertz CT molecular complexity index is 878. The van der Waals surface area contributed by atoms with E-state index in [0.29, 0.717) is 28.2 Å². The Labute approximate surface area is 131 Å².